The molecular formula is C17H28N2. The summed E-state index contributed by atoms with van der Waals surface area (Å²) in [6.45, 7) is 5.57. The second kappa shape index (κ2) is 6.95. The Morgan fingerprint density at radius 1 is 1.21 bits per heavy atom. The molecule has 0 heterocycles. The van der Waals surface area contributed by atoms with E-state index in [9.17, 15) is 0 Å². The van der Waals surface area contributed by atoms with Crippen LogP contribution < -0.4 is 10.2 Å². The van der Waals surface area contributed by atoms with Gasteiger partial charge in [0.2, 0.25) is 0 Å². The number of benzene rings is 1. The van der Waals surface area contributed by atoms with Gasteiger partial charge in [0, 0.05) is 24.8 Å². The van der Waals surface area contributed by atoms with E-state index in [4.69, 9.17) is 0 Å². The van der Waals surface area contributed by atoms with Crippen LogP contribution in [0.1, 0.15) is 57.6 Å². The lowest BCUT2D eigenvalue weighted by atomic mass is 9.91. The van der Waals surface area contributed by atoms with Crippen molar-refractivity contribution in [1.29, 1.82) is 0 Å². The minimum absolute atomic E-state index is 0.503. The summed E-state index contributed by atoms with van der Waals surface area (Å²) < 4.78 is 0. The fourth-order valence-corrected chi connectivity index (χ4v) is 2.74. The summed E-state index contributed by atoms with van der Waals surface area (Å²) in [7, 11) is 2.23. The molecule has 1 aromatic rings. The average molecular weight is 260 g/mol. The monoisotopic (exact) mass is 260 g/mol. The van der Waals surface area contributed by atoms with Gasteiger partial charge in [0.05, 0.1) is 0 Å². The second-order valence-corrected chi connectivity index (χ2v) is 5.70. The van der Waals surface area contributed by atoms with Gasteiger partial charge in [-0.1, -0.05) is 26.0 Å². The summed E-state index contributed by atoms with van der Waals surface area (Å²) in [5.74, 6) is 0. The number of anilines is 1. The van der Waals surface area contributed by atoms with E-state index in [1.54, 1.807) is 0 Å². The zero-order valence-electron chi connectivity index (χ0n) is 12.7. The van der Waals surface area contributed by atoms with E-state index < -0.39 is 0 Å². The molecule has 1 aliphatic rings. The predicted molar refractivity (Wildman–Crippen MR) is 83.8 cm³/mol. The van der Waals surface area contributed by atoms with Gasteiger partial charge < -0.3 is 10.2 Å². The van der Waals surface area contributed by atoms with Gasteiger partial charge in [0.15, 0.2) is 0 Å². The summed E-state index contributed by atoms with van der Waals surface area (Å²) in [5, 5.41) is 3.62. The highest BCUT2D eigenvalue weighted by atomic mass is 15.1. The molecule has 0 aromatic heterocycles. The molecule has 2 nitrogen and oxygen atoms in total. The topological polar surface area (TPSA) is 15.3 Å². The Labute approximate surface area is 118 Å². The van der Waals surface area contributed by atoms with Crippen LogP contribution in [0.5, 0.6) is 0 Å². The van der Waals surface area contributed by atoms with Crippen LogP contribution in [-0.2, 0) is 0 Å². The number of rotatable bonds is 7. The highest BCUT2D eigenvalue weighted by Crippen LogP contribution is 2.29. The molecule has 1 unspecified atom stereocenters. The highest BCUT2D eigenvalue weighted by Gasteiger charge is 2.22. The molecule has 2 rings (SSSR count). The average Bonchev–Trinajstić information content (AvgIpc) is 2.38. The van der Waals surface area contributed by atoms with Gasteiger partial charge in [0.1, 0.15) is 0 Å². The third-order valence-electron chi connectivity index (χ3n) is 4.37. The van der Waals surface area contributed by atoms with Gasteiger partial charge in [-0.15, -0.1) is 0 Å². The molecule has 2 heteroatoms. The largest absolute Gasteiger partial charge is 0.372 e. The SMILES string of the molecule is CCCNC(CC)c1ccc(N(C)C2CCC2)cc1. The number of nitrogens with one attached hydrogen (secondary N) is 1. The Morgan fingerprint density at radius 3 is 2.37 bits per heavy atom. The van der Waals surface area contributed by atoms with Crippen LogP contribution in [-0.4, -0.2) is 19.6 Å². The molecule has 0 bridgehead atoms. The number of hydrogen-bond acceptors (Lipinski definition) is 2. The van der Waals surface area contributed by atoms with Crippen molar-refractivity contribution < 1.29 is 0 Å². The van der Waals surface area contributed by atoms with Crippen LogP contribution in [0.3, 0.4) is 0 Å². The van der Waals surface area contributed by atoms with Crippen molar-refractivity contribution in [1.82, 2.24) is 5.32 Å². The lowest BCUT2D eigenvalue weighted by Crippen LogP contribution is -2.37. The Hall–Kier alpha value is -1.02. The van der Waals surface area contributed by atoms with Crippen molar-refractivity contribution in [3.63, 3.8) is 0 Å². The lowest BCUT2D eigenvalue weighted by molar-refractivity contribution is 0.401. The zero-order chi connectivity index (χ0) is 13.7. The first-order valence-corrected chi connectivity index (χ1v) is 7.82. The van der Waals surface area contributed by atoms with Crippen molar-refractivity contribution in [3.05, 3.63) is 29.8 Å². The van der Waals surface area contributed by atoms with Gasteiger partial charge in [-0.05, 0) is 56.3 Å². The third-order valence-corrected chi connectivity index (χ3v) is 4.37. The maximum atomic E-state index is 3.62. The standard InChI is InChI=1S/C17H28N2/c1-4-13-18-17(5-2)14-9-11-16(12-10-14)19(3)15-7-6-8-15/h9-12,15,17-18H,4-8,13H2,1-3H3. The van der Waals surface area contributed by atoms with Crippen LogP contribution in [0.25, 0.3) is 0 Å². The quantitative estimate of drug-likeness (QED) is 0.793. The molecule has 0 radical (unpaired) electrons. The van der Waals surface area contributed by atoms with Gasteiger partial charge in [0.25, 0.3) is 0 Å². The normalized spacial score (nSPS) is 17.0. The Kier molecular flexibility index (Phi) is 5.26. The molecule has 1 aromatic carbocycles. The summed E-state index contributed by atoms with van der Waals surface area (Å²) >= 11 is 0. The van der Waals surface area contributed by atoms with Crippen molar-refractivity contribution in [2.75, 3.05) is 18.5 Å². The van der Waals surface area contributed by atoms with Crippen LogP contribution in [0, 0.1) is 0 Å². The summed E-state index contributed by atoms with van der Waals surface area (Å²) in [5.41, 5.74) is 2.78. The van der Waals surface area contributed by atoms with Crippen LogP contribution in [0.4, 0.5) is 5.69 Å². The molecule has 19 heavy (non-hydrogen) atoms. The molecule has 1 aliphatic carbocycles. The minimum Gasteiger partial charge on any atom is -0.372 e. The molecule has 0 amide bonds. The molecule has 1 N–H and O–H groups in total. The molecule has 1 atom stereocenters. The summed E-state index contributed by atoms with van der Waals surface area (Å²) in [6.07, 6.45) is 6.45. The smallest absolute Gasteiger partial charge is 0.0366 e. The van der Waals surface area contributed by atoms with Crippen LogP contribution in [0.15, 0.2) is 24.3 Å². The van der Waals surface area contributed by atoms with Crippen LogP contribution >= 0.6 is 0 Å². The lowest BCUT2D eigenvalue weighted by Gasteiger charge is -2.36. The predicted octanol–water partition coefficient (Wildman–Crippen LogP) is 4.13. The van der Waals surface area contributed by atoms with E-state index in [-0.39, 0.29) is 0 Å². The third kappa shape index (κ3) is 3.50. The molecule has 1 fully saturated rings. The summed E-state index contributed by atoms with van der Waals surface area (Å²) in [4.78, 5) is 2.44. The van der Waals surface area contributed by atoms with Crippen molar-refractivity contribution >= 4 is 5.69 Å². The van der Waals surface area contributed by atoms with Crippen LogP contribution in [0.2, 0.25) is 0 Å². The minimum atomic E-state index is 0.503. The zero-order valence-corrected chi connectivity index (χ0v) is 12.7. The maximum absolute atomic E-state index is 3.62. The molecule has 0 saturated heterocycles. The van der Waals surface area contributed by atoms with Crippen molar-refractivity contribution in [2.24, 2.45) is 0 Å². The maximum Gasteiger partial charge on any atom is 0.0366 e. The number of hydrogen-bond donors (Lipinski definition) is 1. The van der Waals surface area contributed by atoms with E-state index >= 15 is 0 Å². The first-order valence-electron chi connectivity index (χ1n) is 7.82. The van der Waals surface area contributed by atoms with E-state index in [0.29, 0.717) is 6.04 Å². The highest BCUT2D eigenvalue weighted by molar-refractivity contribution is 5.48. The van der Waals surface area contributed by atoms with Gasteiger partial charge >= 0.3 is 0 Å². The van der Waals surface area contributed by atoms with Crippen molar-refractivity contribution in [2.45, 2.75) is 58.0 Å². The van der Waals surface area contributed by atoms with Gasteiger partial charge in [-0.2, -0.15) is 0 Å². The Bertz CT molecular complexity index is 367. The van der Waals surface area contributed by atoms with E-state index in [2.05, 4.69) is 55.4 Å². The van der Waals surface area contributed by atoms with Gasteiger partial charge in [-0.25, -0.2) is 0 Å². The van der Waals surface area contributed by atoms with E-state index in [1.165, 1.54) is 36.9 Å². The number of nitrogens with zero attached hydrogens (tertiary/aromatic N) is 1. The molecule has 1 saturated carbocycles. The molecule has 0 spiro atoms. The molecule has 0 aliphatic heterocycles. The van der Waals surface area contributed by atoms with E-state index in [0.717, 1.165) is 19.0 Å². The molecule has 106 valence electrons. The molecular weight excluding hydrogens is 232 g/mol. The summed E-state index contributed by atoms with van der Waals surface area (Å²) in [6, 6.07) is 10.4. The Balaban J connectivity index is 1.99. The van der Waals surface area contributed by atoms with E-state index in [1.807, 2.05) is 0 Å². The first kappa shape index (κ1) is 14.4. The fraction of sp³-hybridized carbons (Fsp3) is 0.647. The van der Waals surface area contributed by atoms with Crippen molar-refractivity contribution in [3.8, 4) is 0 Å². The Morgan fingerprint density at radius 2 is 1.89 bits per heavy atom. The second-order valence-electron chi connectivity index (χ2n) is 5.70. The fourth-order valence-electron chi connectivity index (χ4n) is 2.74. The first-order chi connectivity index (χ1) is 9.26. The van der Waals surface area contributed by atoms with Gasteiger partial charge in [-0.3, -0.25) is 0 Å².